The molecule has 5 nitrogen and oxygen atoms in total. The summed E-state index contributed by atoms with van der Waals surface area (Å²) in [6.07, 6.45) is 0.936. The first-order chi connectivity index (χ1) is 8.47. The summed E-state index contributed by atoms with van der Waals surface area (Å²) in [4.78, 5) is 2.11. The Kier molecular flexibility index (Phi) is 3.74. The molecule has 2 heterocycles. The van der Waals surface area contributed by atoms with Gasteiger partial charge in [-0.15, -0.1) is 21.5 Å². The predicted molar refractivity (Wildman–Crippen MR) is 71.4 cm³/mol. The van der Waals surface area contributed by atoms with Crippen molar-refractivity contribution < 1.29 is 8.42 Å². The molecule has 0 saturated heterocycles. The third-order valence-corrected chi connectivity index (χ3v) is 4.86. The minimum absolute atomic E-state index is 0.201. The molecular weight excluding hydrogens is 294 g/mol. The molecule has 2 aromatic heterocycles. The minimum Gasteiger partial charge on any atom is -0.296 e. The van der Waals surface area contributed by atoms with Gasteiger partial charge in [-0.3, -0.25) is 4.57 Å². The molecule has 0 atom stereocenters. The summed E-state index contributed by atoms with van der Waals surface area (Å²) < 4.78 is 24.2. The van der Waals surface area contributed by atoms with Gasteiger partial charge in [0.05, 0.1) is 4.88 Å². The van der Waals surface area contributed by atoms with Crippen LogP contribution in [0.3, 0.4) is 0 Å². The van der Waals surface area contributed by atoms with Gasteiger partial charge in [-0.1, -0.05) is 6.92 Å². The Morgan fingerprint density at radius 1 is 1.33 bits per heavy atom. The first-order valence-corrected chi connectivity index (χ1v) is 8.56. The van der Waals surface area contributed by atoms with Gasteiger partial charge in [0, 0.05) is 22.1 Å². The molecule has 2 aromatic rings. The second-order valence-corrected chi connectivity index (χ2v) is 7.24. The Labute approximate surface area is 114 Å². The highest BCUT2D eigenvalue weighted by molar-refractivity contribution is 8.13. The molecule has 0 saturated carbocycles. The molecule has 0 N–H and O–H groups in total. The largest absolute Gasteiger partial charge is 0.296 e. The number of hydrogen-bond acceptors (Lipinski definition) is 5. The Morgan fingerprint density at radius 2 is 2.06 bits per heavy atom. The molecule has 8 heteroatoms. The van der Waals surface area contributed by atoms with Crippen molar-refractivity contribution in [1.82, 2.24) is 14.8 Å². The van der Waals surface area contributed by atoms with Crippen molar-refractivity contribution in [3.63, 3.8) is 0 Å². The summed E-state index contributed by atoms with van der Waals surface area (Å²) in [5.41, 5.74) is 0. The summed E-state index contributed by atoms with van der Waals surface area (Å²) in [5.74, 6) is 0.543. The molecule has 0 spiro atoms. The lowest BCUT2D eigenvalue weighted by atomic mass is 10.3. The first kappa shape index (κ1) is 13.5. The van der Waals surface area contributed by atoms with Crippen molar-refractivity contribution in [3.05, 3.63) is 17.0 Å². The fraction of sp³-hybridized carbons (Fsp3) is 0.400. The number of halogens is 1. The van der Waals surface area contributed by atoms with Gasteiger partial charge >= 0.3 is 0 Å². The maximum Gasteiger partial charge on any atom is 0.296 e. The van der Waals surface area contributed by atoms with Crippen molar-refractivity contribution in [2.75, 3.05) is 0 Å². The second kappa shape index (κ2) is 4.99. The number of rotatable bonds is 4. The summed E-state index contributed by atoms with van der Waals surface area (Å²) in [5, 5.41) is 7.40. The monoisotopic (exact) mass is 305 g/mol. The number of aromatic nitrogens is 3. The van der Waals surface area contributed by atoms with Crippen molar-refractivity contribution in [1.29, 1.82) is 0 Å². The van der Waals surface area contributed by atoms with Crippen molar-refractivity contribution in [2.24, 2.45) is 0 Å². The van der Waals surface area contributed by atoms with Gasteiger partial charge in [-0.25, -0.2) is 8.42 Å². The number of hydrogen-bond donors (Lipinski definition) is 0. The lowest BCUT2D eigenvalue weighted by molar-refractivity contribution is 0.583. The van der Waals surface area contributed by atoms with E-state index >= 15 is 0 Å². The third-order valence-electron chi connectivity index (χ3n) is 2.48. The zero-order chi connectivity index (χ0) is 13.3. The summed E-state index contributed by atoms with van der Waals surface area (Å²) in [7, 11) is 1.46. The molecule has 0 aliphatic carbocycles. The fourth-order valence-electron chi connectivity index (χ4n) is 1.62. The SMILES string of the molecule is CCc1ccc(-c2nnc(S(=O)(=O)Cl)n2CC)s1. The second-order valence-electron chi connectivity index (χ2n) is 3.61. The number of nitrogens with zero attached hydrogens (tertiary/aromatic N) is 3. The van der Waals surface area contributed by atoms with Crippen LogP contribution in [0.15, 0.2) is 17.3 Å². The predicted octanol–water partition coefficient (Wildman–Crippen LogP) is 2.52. The van der Waals surface area contributed by atoms with Crippen LogP contribution < -0.4 is 0 Å². The van der Waals surface area contributed by atoms with Crippen LogP contribution in [-0.2, 0) is 22.0 Å². The van der Waals surface area contributed by atoms with Gasteiger partial charge < -0.3 is 0 Å². The van der Waals surface area contributed by atoms with E-state index in [0.717, 1.165) is 11.3 Å². The molecule has 98 valence electrons. The van der Waals surface area contributed by atoms with Gasteiger partial charge in [0.25, 0.3) is 14.2 Å². The van der Waals surface area contributed by atoms with Gasteiger partial charge in [0.15, 0.2) is 5.82 Å². The van der Waals surface area contributed by atoms with E-state index in [1.165, 1.54) is 9.44 Å². The Bertz CT molecular complexity index is 660. The van der Waals surface area contributed by atoms with E-state index in [4.69, 9.17) is 10.7 Å². The van der Waals surface area contributed by atoms with Crippen LogP contribution in [0.5, 0.6) is 0 Å². The van der Waals surface area contributed by atoms with Crippen molar-refractivity contribution in [2.45, 2.75) is 32.0 Å². The molecule has 0 unspecified atom stereocenters. The standard InChI is InChI=1S/C10H12ClN3O2S2/c1-3-7-5-6-8(17-7)9-12-13-10(14(9)4-2)18(11,15)16/h5-6H,3-4H2,1-2H3. The molecule has 0 amide bonds. The van der Waals surface area contributed by atoms with E-state index in [-0.39, 0.29) is 5.16 Å². The summed E-state index contributed by atoms with van der Waals surface area (Å²) in [6.45, 7) is 4.34. The fourth-order valence-corrected chi connectivity index (χ4v) is 3.53. The van der Waals surface area contributed by atoms with Crippen LogP contribution in [0.25, 0.3) is 10.7 Å². The van der Waals surface area contributed by atoms with E-state index in [1.54, 1.807) is 11.3 Å². The van der Waals surface area contributed by atoms with Gasteiger partial charge in [-0.2, -0.15) is 0 Å². The van der Waals surface area contributed by atoms with E-state index < -0.39 is 9.05 Å². The number of thiophene rings is 1. The molecule has 18 heavy (non-hydrogen) atoms. The molecule has 0 fully saturated rings. The van der Waals surface area contributed by atoms with Gasteiger partial charge in [-0.05, 0) is 25.5 Å². The van der Waals surface area contributed by atoms with Crippen LogP contribution in [0.4, 0.5) is 0 Å². The molecule has 0 aliphatic heterocycles. The summed E-state index contributed by atoms with van der Waals surface area (Å²) in [6, 6.07) is 3.92. The molecule has 0 aliphatic rings. The van der Waals surface area contributed by atoms with Crippen LogP contribution in [0.1, 0.15) is 18.7 Å². The number of aryl methyl sites for hydroxylation is 1. The minimum atomic E-state index is -3.87. The average molecular weight is 306 g/mol. The molecule has 0 bridgehead atoms. The lowest BCUT2D eigenvalue weighted by Gasteiger charge is -2.03. The maximum absolute atomic E-state index is 11.4. The first-order valence-electron chi connectivity index (χ1n) is 5.44. The van der Waals surface area contributed by atoms with Crippen molar-refractivity contribution >= 4 is 31.1 Å². The molecule has 2 rings (SSSR count). The Balaban J connectivity index is 2.56. The smallest absolute Gasteiger partial charge is 0.296 e. The average Bonchev–Trinajstić information content (AvgIpc) is 2.93. The molecule has 0 aromatic carbocycles. The van der Waals surface area contributed by atoms with E-state index in [9.17, 15) is 8.42 Å². The Morgan fingerprint density at radius 3 is 2.56 bits per heavy atom. The highest BCUT2D eigenvalue weighted by Gasteiger charge is 2.22. The topological polar surface area (TPSA) is 64.8 Å². The highest BCUT2D eigenvalue weighted by atomic mass is 35.7. The zero-order valence-electron chi connectivity index (χ0n) is 9.92. The van der Waals surface area contributed by atoms with E-state index in [0.29, 0.717) is 12.4 Å². The molecule has 0 radical (unpaired) electrons. The quantitative estimate of drug-likeness (QED) is 0.814. The maximum atomic E-state index is 11.4. The normalized spacial score (nSPS) is 11.9. The van der Waals surface area contributed by atoms with Gasteiger partial charge in [0.1, 0.15) is 0 Å². The van der Waals surface area contributed by atoms with Crippen LogP contribution in [-0.4, -0.2) is 23.2 Å². The van der Waals surface area contributed by atoms with Crippen LogP contribution in [0, 0.1) is 0 Å². The third kappa shape index (κ3) is 2.43. The van der Waals surface area contributed by atoms with Crippen molar-refractivity contribution in [3.8, 4) is 10.7 Å². The molecular formula is C10H12ClN3O2S2. The summed E-state index contributed by atoms with van der Waals surface area (Å²) >= 11 is 1.58. The zero-order valence-corrected chi connectivity index (χ0v) is 12.3. The lowest BCUT2D eigenvalue weighted by Crippen LogP contribution is -2.05. The van der Waals surface area contributed by atoms with Gasteiger partial charge in [0.2, 0.25) is 0 Å². The van der Waals surface area contributed by atoms with E-state index in [2.05, 4.69) is 17.1 Å². The van der Waals surface area contributed by atoms with Crippen LogP contribution >= 0.6 is 22.0 Å². The Hall–Kier alpha value is -0.920. The van der Waals surface area contributed by atoms with E-state index in [1.807, 2.05) is 19.1 Å². The van der Waals surface area contributed by atoms with Crippen LogP contribution in [0.2, 0.25) is 0 Å². The highest BCUT2D eigenvalue weighted by Crippen LogP contribution is 2.29.